The Bertz CT molecular complexity index is 765. The van der Waals surface area contributed by atoms with E-state index in [4.69, 9.17) is 5.11 Å². The summed E-state index contributed by atoms with van der Waals surface area (Å²) in [6.07, 6.45) is 3.36. The zero-order chi connectivity index (χ0) is 13.4. The highest BCUT2D eigenvalue weighted by molar-refractivity contribution is 7.21. The second-order valence-electron chi connectivity index (χ2n) is 4.05. The Kier molecular flexibility index (Phi) is 2.72. The van der Waals surface area contributed by atoms with Crippen molar-refractivity contribution in [3.63, 3.8) is 0 Å². The Hall–Kier alpha value is -2.34. The Morgan fingerprint density at radius 1 is 1.26 bits per heavy atom. The first-order chi connectivity index (χ1) is 9.13. The van der Waals surface area contributed by atoms with Gasteiger partial charge in [0.15, 0.2) is 0 Å². The van der Waals surface area contributed by atoms with Crippen LogP contribution in [0.2, 0.25) is 0 Å². The predicted molar refractivity (Wildman–Crippen MR) is 72.3 cm³/mol. The second kappa shape index (κ2) is 4.40. The van der Waals surface area contributed by atoms with Crippen molar-refractivity contribution in [3.05, 3.63) is 41.9 Å². The molecule has 2 aromatic heterocycles. The van der Waals surface area contributed by atoms with Crippen LogP contribution in [0, 0.1) is 6.92 Å². The van der Waals surface area contributed by atoms with Crippen molar-refractivity contribution in [2.24, 2.45) is 0 Å². The van der Waals surface area contributed by atoms with Gasteiger partial charge in [0.25, 0.3) is 0 Å². The number of hydrogen-bond acceptors (Lipinski definition) is 5. The second-order valence-corrected chi connectivity index (χ2v) is 5.08. The molecule has 0 saturated carbocycles. The predicted octanol–water partition coefficient (Wildman–Crippen LogP) is 2.76. The number of benzene rings is 1. The minimum Gasteiger partial charge on any atom is -0.478 e. The van der Waals surface area contributed by atoms with Crippen LogP contribution in [-0.2, 0) is 0 Å². The van der Waals surface area contributed by atoms with Crippen molar-refractivity contribution in [3.8, 4) is 10.7 Å². The number of carboxylic acid groups (broad SMARTS) is 1. The van der Waals surface area contributed by atoms with Crippen LogP contribution < -0.4 is 0 Å². The van der Waals surface area contributed by atoms with Gasteiger partial charge in [0.05, 0.1) is 27.7 Å². The van der Waals surface area contributed by atoms with Gasteiger partial charge in [-0.2, -0.15) is 0 Å². The third-order valence-corrected chi connectivity index (χ3v) is 3.68. The summed E-state index contributed by atoms with van der Waals surface area (Å²) in [6, 6.07) is 4.88. The van der Waals surface area contributed by atoms with E-state index in [-0.39, 0.29) is 5.56 Å². The van der Waals surface area contributed by atoms with Gasteiger partial charge in [0, 0.05) is 6.20 Å². The van der Waals surface area contributed by atoms with Crippen LogP contribution >= 0.6 is 11.3 Å². The summed E-state index contributed by atoms with van der Waals surface area (Å²) < 4.78 is 0.831. The van der Waals surface area contributed by atoms with Crippen LogP contribution in [0.4, 0.5) is 0 Å². The summed E-state index contributed by atoms with van der Waals surface area (Å²) >= 11 is 1.41. The Morgan fingerprint density at radius 3 is 2.79 bits per heavy atom. The van der Waals surface area contributed by atoms with E-state index in [1.165, 1.54) is 11.3 Å². The molecule has 1 aromatic carbocycles. The molecule has 0 unspecified atom stereocenters. The first kappa shape index (κ1) is 11.7. The third-order valence-electron chi connectivity index (χ3n) is 2.64. The van der Waals surface area contributed by atoms with Gasteiger partial charge in [-0.05, 0) is 25.1 Å². The van der Waals surface area contributed by atoms with E-state index in [9.17, 15) is 4.79 Å². The maximum atomic E-state index is 10.9. The monoisotopic (exact) mass is 271 g/mol. The highest BCUT2D eigenvalue weighted by Gasteiger charge is 2.10. The van der Waals surface area contributed by atoms with Crippen molar-refractivity contribution >= 4 is 27.5 Å². The molecule has 0 aliphatic heterocycles. The smallest absolute Gasteiger partial charge is 0.335 e. The standard InChI is InChI=1S/C13H9N3O2S/c1-7-5-15-10(6-14-7)12-16-9-3-2-8(13(17)18)4-11(9)19-12/h2-6H,1H3,(H,17,18). The number of carbonyl (C=O) groups is 1. The van der Waals surface area contributed by atoms with Crippen molar-refractivity contribution in [2.45, 2.75) is 6.92 Å². The fraction of sp³-hybridized carbons (Fsp3) is 0.0769. The van der Waals surface area contributed by atoms with Gasteiger partial charge in [0.1, 0.15) is 10.7 Å². The molecule has 3 aromatic rings. The van der Waals surface area contributed by atoms with E-state index in [1.54, 1.807) is 30.6 Å². The number of rotatable bonds is 2. The van der Waals surface area contributed by atoms with Crippen molar-refractivity contribution in [2.75, 3.05) is 0 Å². The molecule has 19 heavy (non-hydrogen) atoms. The molecule has 6 heteroatoms. The summed E-state index contributed by atoms with van der Waals surface area (Å²) in [4.78, 5) is 23.8. The molecular formula is C13H9N3O2S. The maximum absolute atomic E-state index is 10.9. The number of hydrogen-bond donors (Lipinski definition) is 1. The van der Waals surface area contributed by atoms with Crippen LogP contribution in [0.5, 0.6) is 0 Å². The molecule has 2 heterocycles. The van der Waals surface area contributed by atoms with Crippen LogP contribution in [0.3, 0.4) is 0 Å². The topological polar surface area (TPSA) is 76.0 Å². The van der Waals surface area contributed by atoms with Gasteiger partial charge in [-0.15, -0.1) is 11.3 Å². The van der Waals surface area contributed by atoms with Crippen molar-refractivity contribution < 1.29 is 9.90 Å². The molecule has 0 radical (unpaired) electrons. The number of nitrogens with zero attached hydrogens (tertiary/aromatic N) is 3. The fourth-order valence-corrected chi connectivity index (χ4v) is 2.64. The third kappa shape index (κ3) is 2.17. The molecule has 0 fully saturated rings. The number of aromatic carboxylic acids is 1. The van der Waals surface area contributed by atoms with Gasteiger partial charge in [0.2, 0.25) is 0 Å². The molecule has 3 rings (SSSR count). The molecule has 94 valence electrons. The van der Waals surface area contributed by atoms with Crippen LogP contribution in [0.25, 0.3) is 20.9 Å². The van der Waals surface area contributed by atoms with Gasteiger partial charge < -0.3 is 5.11 Å². The molecular weight excluding hydrogens is 262 g/mol. The quantitative estimate of drug-likeness (QED) is 0.775. The molecule has 0 spiro atoms. The molecule has 0 aliphatic rings. The van der Waals surface area contributed by atoms with Gasteiger partial charge in [-0.25, -0.2) is 9.78 Å². The lowest BCUT2D eigenvalue weighted by atomic mass is 10.2. The van der Waals surface area contributed by atoms with E-state index in [2.05, 4.69) is 15.0 Å². The van der Waals surface area contributed by atoms with Crippen LogP contribution in [0.1, 0.15) is 16.1 Å². The van der Waals surface area contributed by atoms with E-state index >= 15 is 0 Å². The Balaban J connectivity index is 2.11. The molecule has 0 atom stereocenters. The van der Waals surface area contributed by atoms with Crippen molar-refractivity contribution in [1.82, 2.24) is 15.0 Å². The number of fused-ring (bicyclic) bond motifs is 1. The van der Waals surface area contributed by atoms with E-state index < -0.39 is 5.97 Å². The summed E-state index contributed by atoms with van der Waals surface area (Å²) in [5, 5.41) is 9.70. The SMILES string of the molecule is Cc1cnc(-c2nc3ccc(C(=O)O)cc3s2)cn1. The maximum Gasteiger partial charge on any atom is 0.335 e. The van der Waals surface area contributed by atoms with Gasteiger partial charge >= 0.3 is 5.97 Å². The number of aromatic nitrogens is 3. The van der Waals surface area contributed by atoms with E-state index in [1.807, 2.05) is 6.92 Å². The average molecular weight is 271 g/mol. The molecule has 1 N–H and O–H groups in total. The zero-order valence-corrected chi connectivity index (χ0v) is 10.8. The lowest BCUT2D eigenvalue weighted by Crippen LogP contribution is -1.94. The lowest BCUT2D eigenvalue weighted by Gasteiger charge is -1.94. The molecule has 5 nitrogen and oxygen atoms in total. The summed E-state index contributed by atoms with van der Waals surface area (Å²) in [7, 11) is 0. The van der Waals surface area contributed by atoms with Gasteiger partial charge in [-0.1, -0.05) is 0 Å². The number of carboxylic acids is 1. The van der Waals surface area contributed by atoms with E-state index in [0.717, 1.165) is 20.9 Å². The van der Waals surface area contributed by atoms with Crippen LogP contribution in [0.15, 0.2) is 30.6 Å². The van der Waals surface area contributed by atoms with E-state index in [0.29, 0.717) is 5.69 Å². The van der Waals surface area contributed by atoms with Crippen LogP contribution in [-0.4, -0.2) is 26.0 Å². The summed E-state index contributed by atoms with van der Waals surface area (Å²) in [5.74, 6) is -0.938. The average Bonchev–Trinajstić information content (AvgIpc) is 2.82. The zero-order valence-electron chi connectivity index (χ0n) is 9.99. The van der Waals surface area contributed by atoms with Crippen molar-refractivity contribution in [1.29, 1.82) is 0 Å². The highest BCUT2D eigenvalue weighted by Crippen LogP contribution is 2.29. The van der Waals surface area contributed by atoms with Gasteiger partial charge in [-0.3, -0.25) is 9.97 Å². The molecule has 0 aliphatic carbocycles. The molecule has 0 amide bonds. The Morgan fingerprint density at radius 2 is 2.11 bits per heavy atom. The minimum absolute atomic E-state index is 0.262. The molecule has 0 saturated heterocycles. The Labute approximate surface area is 112 Å². The fourth-order valence-electron chi connectivity index (χ4n) is 1.67. The number of aryl methyl sites for hydroxylation is 1. The minimum atomic E-state index is -0.938. The lowest BCUT2D eigenvalue weighted by molar-refractivity contribution is 0.0697. The first-order valence-electron chi connectivity index (χ1n) is 5.56. The first-order valence-corrected chi connectivity index (χ1v) is 6.38. The largest absolute Gasteiger partial charge is 0.478 e. The molecule has 0 bridgehead atoms. The number of thiazole rings is 1. The summed E-state index contributed by atoms with van der Waals surface area (Å²) in [6.45, 7) is 1.87. The summed E-state index contributed by atoms with van der Waals surface area (Å²) in [5.41, 5.74) is 2.58. The normalized spacial score (nSPS) is 10.8. The highest BCUT2D eigenvalue weighted by atomic mass is 32.1.